The van der Waals surface area contributed by atoms with Gasteiger partial charge in [0.15, 0.2) is 0 Å². The molecular weight excluding hydrogens is 417 g/mol. The van der Waals surface area contributed by atoms with Crippen molar-refractivity contribution in [3.8, 4) is 0 Å². The number of alkyl halides is 3. The second-order valence-corrected chi connectivity index (χ2v) is 8.10. The summed E-state index contributed by atoms with van der Waals surface area (Å²) < 4.78 is 39.2. The molecule has 166 valence electrons. The minimum absolute atomic E-state index is 0.0598. The van der Waals surface area contributed by atoms with Gasteiger partial charge in [0.1, 0.15) is 5.69 Å². The first kappa shape index (κ1) is 21.9. The normalized spacial score (nSPS) is 16.8. The van der Waals surface area contributed by atoms with Gasteiger partial charge >= 0.3 is 6.18 Å². The molecule has 1 saturated heterocycles. The van der Waals surface area contributed by atoms with Crippen molar-refractivity contribution in [2.45, 2.75) is 38.3 Å². The molecule has 0 aliphatic carbocycles. The Kier molecular flexibility index (Phi) is 6.21. The molecule has 1 aliphatic rings. The summed E-state index contributed by atoms with van der Waals surface area (Å²) in [6.45, 7) is 3.05. The smallest absolute Gasteiger partial charge is 0.337 e. The van der Waals surface area contributed by atoms with E-state index in [9.17, 15) is 18.0 Å². The summed E-state index contributed by atoms with van der Waals surface area (Å²) in [5, 5.41) is 0. The minimum Gasteiger partial charge on any atom is -0.337 e. The van der Waals surface area contributed by atoms with Crippen molar-refractivity contribution in [3.63, 3.8) is 0 Å². The summed E-state index contributed by atoms with van der Waals surface area (Å²) in [6.07, 6.45) is 2.24. The average molecular weight is 440 g/mol. The number of likely N-dealkylation sites (tertiary alicyclic amines) is 1. The molecule has 3 heterocycles. The summed E-state index contributed by atoms with van der Waals surface area (Å²) in [5.74, 6) is -0.0934. The van der Waals surface area contributed by atoms with Crippen LogP contribution in [0.25, 0.3) is 0 Å². The minimum atomic E-state index is -4.36. The molecule has 3 aromatic rings. The molecule has 32 heavy (non-hydrogen) atoms. The molecule has 5 nitrogen and oxygen atoms in total. The van der Waals surface area contributed by atoms with Crippen LogP contribution in [0.5, 0.6) is 0 Å². The molecule has 1 atom stereocenters. The molecule has 1 aromatic carbocycles. The molecule has 4 rings (SSSR count). The highest BCUT2D eigenvalue weighted by molar-refractivity contribution is 5.92. The highest BCUT2D eigenvalue weighted by atomic mass is 19.4. The van der Waals surface area contributed by atoms with Gasteiger partial charge in [0.05, 0.1) is 11.8 Å². The van der Waals surface area contributed by atoms with E-state index in [1.807, 2.05) is 19.1 Å². The lowest BCUT2D eigenvalue weighted by Crippen LogP contribution is -2.39. The molecule has 0 saturated carbocycles. The van der Waals surface area contributed by atoms with E-state index in [0.29, 0.717) is 30.8 Å². The van der Waals surface area contributed by atoms with E-state index in [4.69, 9.17) is 0 Å². The van der Waals surface area contributed by atoms with Gasteiger partial charge in [-0.15, -0.1) is 0 Å². The molecule has 1 aliphatic heterocycles. The van der Waals surface area contributed by atoms with Gasteiger partial charge < -0.3 is 4.90 Å². The Balaban J connectivity index is 1.53. The highest BCUT2D eigenvalue weighted by Crippen LogP contribution is 2.31. The van der Waals surface area contributed by atoms with Crippen LogP contribution in [0.3, 0.4) is 0 Å². The molecule has 1 amide bonds. The Labute approximate surface area is 184 Å². The van der Waals surface area contributed by atoms with Crippen molar-refractivity contribution in [2.24, 2.45) is 0 Å². The summed E-state index contributed by atoms with van der Waals surface area (Å²) in [7, 11) is 0. The number of hydrogen-bond acceptors (Lipinski definition) is 4. The van der Waals surface area contributed by atoms with Crippen LogP contribution in [0.15, 0.2) is 55.0 Å². The maximum Gasteiger partial charge on any atom is 0.416 e. The highest BCUT2D eigenvalue weighted by Gasteiger charge is 2.30. The third-order valence-electron chi connectivity index (χ3n) is 5.60. The Morgan fingerprint density at radius 2 is 2.00 bits per heavy atom. The molecule has 0 radical (unpaired) electrons. The second-order valence-electron chi connectivity index (χ2n) is 8.10. The van der Waals surface area contributed by atoms with E-state index in [2.05, 4.69) is 15.0 Å². The van der Waals surface area contributed by atoms with Crippen LogP contribution in [0, 0.1) is 6.92 Å². The predicted molar refractivity (Wildman–Crippen MR) is 113 cm³/mol. The van der Waals surface area contributed by atoms with Gasteiger partial charge in [-0.25, -0.2) is 4.98 Å². The lowest BCUT2D eigenvalue weighted by Gasteiger charge is -2.32. The van der Waals surface area contributed by atoms with Gasteiger partial charge in [-0.05, 0) is 55.5 Å². The first-order chi connectivity index (χ1) is 15.3. The van der Waals surface area contributed by atoms with E-state index < -0.39 is 11.7 Å². The predicted octanol–water partition coefficient (Wildman–Crippen LogP) is 4.81. The second kappa shape index (κ2) is 9.06. The third kappa shape index (κ3) is 5.12. The fourth-order valence-corrected chi connectivity index (χ4v) is 4.15. The van der Waals surface area contributed by atoms with Gasteiger partial charge in [-0.2, -0.15) is 13.2 Å². The van der Waals surface area contributed by atoms with Crippen molar-refractivity contribution in [1.82, 2.24) is 19.9 Å². The Morgan fingerprint density at radius 1 is 1.16 bits per heavy atom. The number of pyridine rings is 1. The van der Waals surface area contributed by atoms with Crippen molar-refractivity contribution >= 4 is 5.91 Å². The van der Waals surface area contributed by atoms with Crippen molar-refractivity contribution < 1.29 is 18.0 Å². The number of benzene rings is 1. The fraction of sp³-hybridized carbons (Fsp3) is 0.333. The summed E-state index contributed by atoms with van der Waals surface area (Å²) in [5.41, 5.74) is 2.84. The first-order valence-electron chi connectivity index (χ1n) is 10.5. The molecule has 1 unspecified atom stereocenters. The molecule has 0 bridgehead atoms. The van der Waals surface area contributed by atoms with Crippen LogP contribution >= 0.6 is 0 Å². The molecule has 0 N–H and O–H groups in total. The van der Waals surface area contributed by atoms with Crippen LogP contribution < -0.4 is 0 Å². The quantitative estimate of drug-likeness (QED) is 0.584. The number of carbonyl (C=O) groups is 1. The summed E-state index contributed by atoms with van der Waals surface area (Å²) in [6, 6.07) is 9.26. The van der Waals surface area contributed by atoms with Crippen molar-refractivity contribution in [3.05, 3.63) is 88.8 Å². The Morgan fingerprint density at radius 3 is 2.75 bits per heavy atom. The maximum absolute atomic E-state index is 13.1. The van der Waals surface area contributed by atoms with E-state index in [1.165, 1.54) is 30.7 Å². The van der Waals surface area contributed by atoms with E-state index >= 15 is 0 Å². The number of amides is 1. The molecular formula is C24H23F3N4O. The zero-order valence-corrected chi connectivity index (χ0v) is 17.6. The number of hydrogen-bond donors (Lipinski definition) is 0. The number of nitrogens with zero attached hydrogens (tertiary/aromatic N) is 4. The van der Waals surface area contributed by atoms with Crippen LogP contribution in [-0.2, 0) is 12.6 Å². The Hall–Kier alpha value is -3.29. The molecule has 8 heteroatoms. The van der Waals surface area contributed by atoms with Gasteiger partial charge in [0.2, 0.25) is 0 Å². The van der Waals surface area contributed by atoms with E-state index in [-0.39, 0.29) is 11.8 Å². The monoisotopic (exact) mass is 440 g/mol. The van der Waals surface area contributed by atoms with Gasteiger partial charge in [0, 0.05) is 42.8 Å². The van der Waals surface area contributed by atoms with Crippen molar-refractivity contribution in [2.75, 3.05) is 13.1 Å². The summed E-state index contributed by atoms with van der Waals surface area (Å²) >= 11 is 0. The van der Waals surface area contributed by atoms with Crippen LogP contribution in [0.1, 0.15) is 57.3 Å². The van der Waals surface area contributed by atoms with Gasteiger partial charge in [0.25, 0.3) is 5.91 Å². The van der Waals surface area contributed by atoms with E-state index in [1.54, 1.807) is 11.0 Å². The number of halogens is 3. The number of aryl methyl sites for hydroxylation is 1. The largest absolute Gasteiger partial charge is 0.416 e. The lowest BCUT2D eigenvalue weighted by molar-refractivity contribution is -0.137. The maximum atomic E-state index is 13.1. The number of rotatable bonds is 4. The first-order valence-corrected chi connectivity index (χ1v) is 10.5. The number of carbonyl (C=O) groups excluding carboxylic acids is 1. The Bertz CT molecular complexity index is 1100. The topological polar surface area (TPSA) is 59.0 Å². The average Bonchev–Trinajstić information content (AvgIpc) is 2.78. The fourth-order valence-electron chi connectivity index (χ4n) is 4.15. The zero-order valence-electron chi connectivity index (χ0n) is 17.6. The molecule has 0 spiro atoms. The number of piperidine rings is 1. The van der Waals surface area contributed by atoms with Crippen molar-refractivity contribution in [1.29, 1.82) is 0 Å². The van der Waals surface area contributed by atoms with Crippen LogP contribution in [-0.4, -0.2) is 38.8 Å². The number of aromatic nitrogens is 3. The molecule has 2 aromatic heterocycles. The van der Waals surface area contributed by atoms with Gasteiger partial charge in [-0.3, -0.25) is 14.8 Å². The third-order valence-corrected chi connectivity index (χ3v) is 5.60. The lowest BCUT2D eigenvalue weighted by atomic mass is 9.92. The SMILES string of the molecule is Cc1cc(Cc2cccc(C(F)(F)F)c2)cc(C2CCCN(C(=O)c3cnccn3)C2)n1. The molecule has 1 fully saturated rings. The van der Waals surface area contributed by atoms with Gasteiger partial charge in [-0.1, -0.05) is 18.2 Å². The van der Waals surface area contributed by atoms with Crippen LogP contribution in [0.4, 0.5) is 13.2 Å². The standard InChI is InChI=1S/C24H23F3N4O/c1-16-10-18(11-17-4-2-6-20(12-17)24(25,26)27)13-21(30-16)19-5-3-9-31(15-19)23(32)22-14-28-7-8-29-22/h2,4,6-8,10,12-14,19H,3,5,9,11,15H2,1H3. The zero-order chi connectivity index (χ0) is 22.7. The summed E-state index contributed by atoms with van der Waals surface area (Å²) in [4.78, 5) is 27.3. The van der Waals surface area contributed by atoms with E-state index in [0.717, 1.165) is 35.9 Å². The van der Waals surface area contributed by atoms with Crippen LogP contribution in [0.2, 0.25) is 0 Å².